The number of anilines is 1. The van der Waals surface area contributed by atoms with Gasteiger partial charge in [-0.1, -0.05) is 11.6 Å². The molecule has 6 nitrogen and oxygen atoms in total. The van der Waals surface area contributed by atoms with Crippen LogP contribution in [-0.4, -0.2) is 53.1 Å². The maximum atomic E-state index is 12.2. The van der Waals surface area contributed by atoms with E-state index in [1.807, 2.05) is 22.7 Å². The molecule has 0 saturated carbocycles. The Labute approximate surface area is 152 Å². The van der Waals surface area contributed by atoms with Crippen LogP contribution in [0.2, 0.25) is 5.02 Å². The second-order valence-electron chi connectivity index (χ2n) is 5.45. The van der Waals surface area contributed by atoms with Crippen molar-refractivity contribution in [1.29, 1.82) is 0 Å². The largest absolute Gasteiger partial charge is 0.484 e. The molecule has 0 radical (unpaired) electrons. The van der Waals surface area contributed by atoms with Crippen molar-refractivity contribution >= 4 is 35.9 Å². The molecular weight excluding hydrogens is 351 g/mol. The van der Waals surface area contributed by atoms with Crippen LogP contribution in [0.4, 0.5) is 5.95 Å². The molecule has 8 heteroatoms. The van der Waals surface area contributed by atoms with Crippen molar-refractivity contribution < 1.29 is 9.53 Å². The molecule has 2 heterocycles. The molecule has 0 aliphatic carbocycles. The minimum atomic E-state index is -0.000518. The van der Waals surface area contributed by atoms with Crippen molar-refractivity contribution in [3.63, 3.8) is 0 Å². The number of carbonyl (C=O) groups excluding carboxylic acids is 1. The molecular formula is C16H20Cl2N4O2. The average molecular weight is 371 g/mol. The normalized spacial score (nSPS) is 14.2. The maximum absolute atomic E-state index is 12.2. The predicted octanol–water partition coefficient (Wildman–Crippen LogP) is 2.22. The number of ether oxygens (including phenoxy) is 1. The molecule has 1 aromatic carbocycles. The zero-order valence-corrected chi connectivity index (χ0v) is 15.0. The van der Waals surface area contributed by atoms with Crippen LogP contribution >= 0.6 is 24.0 Å². The fourth-order valence-corrected chi connectivity index (χ4v) is 2.71. The van der Waals surface area contributed by atoms with Gasteiger partial charge in [0.1, 0.15) is 5.75 Å². The van der Waals surface area contributed by atoms with E-state index in [0.29, 0.717) is 23.9 Å². The van der Waals surface area contributed by atoms with E-state index in [0.717, 1.165) is 19.0 Å². The van der Waals surface area contributed by atoms with Crippen LogP contribution in [-0.2, 0) is 11.8 Å². The molecule has 0 spiro atoms. The third kappa shape index (κ3) is 4.33. The second kappa shape index (κ2) is 8.26. The van der Waals surface area contributed by atoms with Crippen molar-refractivity contribution in [3.8, 4) is 5.75 Å². The number of benzene rings is 1. The van der Waals surface area contributed by atoms with Gasteiger partial charge in [0.15, 0.2) is 6.61 Å². The molecule has 0 atom stereocenters. The number of rotatable bonds is 4. The van der Waals surface area contributed by atoms with Crippen molar-refractivity contribution in [2.24, 2.45) is 7.05 Å². The van der Waals surface area contributed by atoms with Crippen LogP contribution in [0, 0.1) is 0 Å². The minimum Gasteiger partial charge on any atom is -0.484 e. The molecule has 0 N–H and O–H groups in total. The number of carbonyl (C=O) groups is 1. The summed E-state index contributed by atoms with van der Waals surface area (Å²) in [6.07, 6.45) is 3.71. The highest BCUT2D eigenvalue weighted by molar-refractivity contribution is 6.30. The number of aryl methyl sites for hydroxylation is 1. The van der Waals surface area contributed by atoms with E-state index in [4.69, 9.17) is 16.3 Å². The lowest BCUT2D eigenvalue weighted by Crippen LogP contribution is -2.50. The molecule has 1 aliphatic rings. The third-order valence-corrected chi connectivity index (χ3v) is 4.14. The zero-order chi connectivity index (χ0) is 16.2. The number of piperazine rings is 1. The number of hydrogen-bond acceptors (Lipinski definition) is 4. The highest BCUT2D eigenvalue weighted by Crippen LogP contribution is 2.16. The van der Waals surface area contributed by atoms with Crippen molar-refractivity contribution in [2.45, 2.75) is 0 Å². The Kier molecular flexibility index (Phi) is 6.34. The summed E-state index contributed by atoms with van der Waals surface area (Å²) in [5, 5.41) is 0.647. The van der Waals surface area contributed by atoms with Gasteiger partial charge in [0.25, 0.3) is 5.91 Å². The molecule has 1 saturated heterocycles. The van der Waals surface area contributed by atoms with E-state index in [2.05, 4.69) is 9.88 Å². The Morgan fingerprint density at radius 1 is 1.21 bits per heavy atom. The highest BCUT2D eigenvalue weighted by atomic mass is 35.5. The second-order valence-corrected chi connectivity index (χ2v) is 5.89. The molecule has 130 valence electrons. The summed E-state index contributed by atoms with van der Waals surface area (Å²) in [7, 11) is 1.97. The van der Waals surface area contributed by atoms with Gasteiger partial charge < -0.3 is 19.1 Å². The van der Waals surface area contributed by atoms with Gasteiger partial charge >= 0.3 is 0 Å². The Morgan fingerprint density at radius 2 is 1.88 bits per heavy atom. The van der Waals surface area contributed by atoms with E-state index in [9.17, 15) is 4.79 Å². The SMILES string of the molecule is Cl.Cn1ccnc1N1CCN(C(=O)COc2ccc(Cl)cc2)CC1. The van der Waals surface area contributed by atoms with Gasteiger partial charge in [0.05, 0.1) is 0 Å². The van der Waals surface area contributed by atoms with Crippen LogP contribution in [0.15, 0.2) is 36.7 Å². The zero-order valence-electron chi connectivity index (χ0n) is 13.4. The first kappa shape index (κ1) is 18.4. The maximum Gasteiger partial charge on any atom is 0.260 e. The Bertz CT molecular complexity index is 667. The lowest BCUT2D eigenvalue weighted by Gasteiger charge is -2.35. The Morgan fingerprint density at radius 3 is 2.46 bits per heavy atom. The number of imidazole rings is 1. The first-order valence-electron chi connectivity index (χ1n) is 7.52. The van der Waals surface area contributed by atoms with Crippen LogP contribution in [0.3, 0.4) is 0 Å². The van der Waals surface area contributed by atoms with Gasteiger partial charge in [-0.05, 0) is 24.3 Å². The van der Waals surface area contributed by atoms with Crippen molar-refractivity contribution in [1.82, 2.24) is 14.5 Å². The minimum absolute atomic E-state index is 0. The van der Waals surface area contributed by atoms with Gasteiger partial charge in [-0.25, -0.2) is 4.98 Å². The lowest BCUT2D eigenvalue weighted by atomic mass is 10.3. The van der Waals surface area contributed by atoms with E-state index >= 15 is 0 Å². The number of aromatic nitrogens is 2. The monoisotopic (exact) mass is 370 g/mol. The van der Waals surface area contributed by atoms with Crippen LogP contribution < -0.4 is 9.64 Å². The molecule has 1 amide bonds. The molecule has 1 aromatic heterocycles. The predicted molar refractivity (Wildman–Crippen MR) is 96.2 cm³/mol. The molecule has 0 bridgehead atoms. The summed E-state index contributed by atoms with van der Waals surface area (Å²) in [6, 6.07) is 7.00. The molecule has 2 aromatic rings. The molecule has 0 unspecified atom stereocenters. The van der Waals surface area contributed by atoms with E-state index in [1.165, 1.54) is 0 Å². The van der Waals surface area contributed by atoms with Gasteiger partial charge in [-0.15, -0.1) is 12.4 Å². The van der Waals surface area contributed by atoms with E-state index in [-0.39, 0.29) is 24.9 Å². The smallest absolute Gasteiger partial charge is 0.260 e. The number of hydrogen-bond donors (Lipinski definition) is 0. The van der Waals surface area contributed by atoms with Gasteiger partial charge in [-0.3, -0.25) is 4.79 Å². The quantitative estimate of drug-likeness (QED) is 0.827. The first-order chi connectivity index (χ1) is 11.1. The third-order valence-electron chi connectivity index (χ3n) is 3.89. The molecule has 24 heavy (non-hydrogen) atoms. The van der Waals surface area contributed by atoms with Crippen molar-refractivity contribution in [2.75, 3.05) is 37.7 Å². The van der Waals surface area contributed by atoms with Gasteiger partial charge in [-0.2, -0.15) is 0 Å². The van der Waals surface area contributed by atoms with Crippen molar-refractivity contribution in [3.05, 3.63) is 41.7 Å². The molecule has 1 aliphatic heterocycles. The first-order valence-corrected chi connectivity index (χ1v) is 7.90. The Balaban J connectivity index is 0.00000208. The topological polar surface area (TPSA) is 50.6 Å². The average Bonchev–Trinajstić information content (AvgIpc) is 3.00. The number of halogens is 2. The fourth-order valence-electron chi connectivity index (χ4n) is 2.59. The fraction of sp³-hybridized carbons (Fsp3) is 0.375. The van der Waals surface area contributed by atoms with Gasteiger partial charge in [0, 0.05) is 50.6 Å². The summed E-state index contributed by atoms with van der Waals surface area (Å²) in [4.78, 5) is 20.6. The summed E-state index contributed by atoms with van der Waals surface area (Å²) in [5.74, 6) is 1.59. The van der Waals surface area contributed by atoms with Crippen LogP contribution in [0.5, 0.6) is 5.75 Å². The molecule has 3 rings (SSSR count). The summed E-state index contributed by atoms with van der Waals surface area (Å²) in [6.45, 7) is 2.95. The number of nitrogens with zero attached hydrogens (tertiary/aromatic N) is 4. The summed E-state index contributed by atoms with van der Waals surface area (Å²) in [5.41, 5.74) is 0. The lowest BCUT2D eigenvalue weighted by molar-refractivity contribution is -0.133. The Hall–Kier alpha value is -1.92. The van der Waals surface area contributed by atoms with E-state index in [1.54, 1.807) is 30.5 Å². The van der Waals surface area contributed by atoms with Crippen LogP contribution in [0.25, 0.3) is 0 Å². The van der Waals surface area contributed by atoms with Gasteiger partial charge in [0.2, 0.25) is 5.95 Å². The standard InChI is InChI=1S/C16H19ClN4O2.ClH/c1-19-7-6-18-16(19)21-10-8-20(9-11-21)15(22)12-23-14-4-2-13(17)3-5-14;/h2-7H,8-12H2,1H3;1H. The summed E-state index contributed by atoms with van der Waals surface area (Å²) >= 11 is 5.82. The summed E-state index contributed by atoms with van der Waals surface area (Å²) < 4.78 is 7.50. The number of amides is 1. The van der Waals surface area contributed by atoms with E-state index < -0.39 is 0 Å². The highest BCUT2D eigenvalue weighted by Gasteiger charge is 2.23. The molecule has 1 fully saturated rings. The van der Waals surface area contributed by atoms with Crippen LogP contribution in [0.1, 0.15) is 0 Å².